The van der Waals surface area contributed by atoms with Crippen molar-refractivity contribution in [2.75, 3.05) is 5.73 Å². The summed E-state index contributed by atoms with van der Waals surface area (Å²) in [5.74, 6) is 0. The Morgan fingerprint density at radius 3 is 2.53 bits per heavy atom. The minimum absolute atomic E-state index is 0. The average Bonchev–Trinajstić information content (AvgIpc) is 2.75. The second-order valence-corrected chi connectivity index (χ2v) is 6.13. The molecule has 0 bridgehead atoms. The lowest BCUT2D eigenvalue weighted by atomic mass is 10.0. The summed E-state index contributed by atoms with van der Waals surface area (Å²) < 4.78 is 1.83. The third-order valence-electron chi connectivity index (χ3n) is 2.31. The quantitative estimate of drug-likeness (QED) is 0.740. The fourth-order valence-electron chi connectivity index (χ4n) is 1.48. The lowest BCUT2D eigenvalue weighted by molar-refractivity contribution is 0.895. The molecule has 0 aliphatic rings. The first-order valence-electron chi connectivity index (χ1n) is 4.63. The van der Waals surface area contributed by atoms with Crippen LogP contribution >= 0.6 is 55.6 Å². The number of benzene rings is 1. The van der Waals surface area contributed by atoms with Crippen LogP contribution in [0.4, 0.5) is 5.69 Å². The van der Waals surface area contributed by atoms with Crippen LogP contribution in [-0.4, -0.2) is 0 Å². The molecule has 1 aromatic carbocycles. The van der Waals surface area contributed by atoms with Gasteiger partial charge in [0.15, 0.2) is 0 Å². The van der Waals surface area contributed by atoms with Crippen LogP contribution in [0.3, 0.4) is 0 Å². The van der Waals surface area contributed by atoms with Crippen molar-refractivity contribution in [3.8, 4) is 0 Å². The second kappa shape index (κ2) is 6.20. The Bertz CT molecular complexity index is 502. The van der Waals surface area contributed by atoms with Crippen molar-refractivity contribution in [2.45, 2.75) is 6.04 Å². The summed E-state index contributed by atoms with van der Waals surface area (Å²) in [6, 6.07) is 7.71. The topological polar surface area (TPSA) is 52.0 Å². The fourth-order valence-corrected chi connectivity index (χ4v) is 3.49. The van der Waals surface area contributed by atoms with Gasteiger partial charge < -0.3 is 11.5 Å². The predicted octanol–water partition coefficient (Wildman–Crippen LogP) is 4.33. The van der Waals surface area contributed by atoms with Crippen molar-refractivity contribution in [2.24, 2.45) is 5.73 Å². The second-order valence-electron chi connectivity index (χ2n) is 3.38. The van der Waals surface area contributed by atoms with E-state index in [2.05, 4.69) is 31.9 Å². The van der Waals surface area contributed by atoms with E-state index >= 15 is 0 Å². The lowest BCUT2D eigenvalue weighted by Gasteiger charge is -2.14. The molecule has 1 aromatic heterocycles. The number of nitrogen functional groups attached to an aromatic ring is 1. The normalized spacial score (nSPS) is 11.9. The van der Waals surface area contributed by atoms with Crippen LogP contribution in [0.2, 0.25) is 0 Å². The maximum atomic E-state index is 6.19. The number of hydrogen-bond acceptors (Lipinski definition) is 3. The lowest BCUT2D eigenvalue weighted by Crippen LogP contribution is -2.12. The Kier molecular flexibility index (Phi) is 5.47. The maximum absolute atomic E-state index is 6.19. The Balaban J connectivity index is 0.00000144. The SMILES string of the molecule is Cl.Nc1c(Br)cc(Br)cc1[C@H](N)c1cccs1. The molecule has 0 unspecified atom stereocenters. The molecule has 0 fully saturated rings. The standard InChI is InChI=1S/C11H10Br2N2S.ClH/c12-6-4-7(10(14)8(13)5-6)11(15)9-2-1-3-16-9;/h1-5,11H,14-15H2;1H/t11-;/m0./s1. The van der Waals surface area contributed by atoms with E-state index in [0.717, 1.165) is 19.4 Å². The van der Waals surface area contributed by atoms with E-state index in [-0.39, 0.29) is 18.4 Å². The van der Waals surface area contributed by atoms with Crippen molar-refractivity contribution in [3.05, 3.63) is 49.0 Å². The van der Waals surface area contributed by atoms with Gasteiger partial charge in [-0.3, -0.25) is 0 Å². The fraction of sp³-hybridized carbons (Fsp3) is 0.0909. The van der Waals surface area contributed by atoms with Gasteiger partial charge in [-0.15, -0.1) is 23.7 Å². The molecule has 1 atom stereocenters. The summed E-state index contributed by atoms with van der Waals surface area (Å²) in [6.07, 6.45) is 0. The minimum Gasteiger partial charge on any atom is -0.398 e. The van der Waals surface area contributed by atoms with Gasteiger partial charge in [0.25, 0.3) is 0 Å². The first-order chi connectivity index (χ1) is 7.59. The van der Waals surface area contributed by atoms with Crippen molar-refractivity contribution < 1.29 is 0 Å². The van der Waals surface area contributed by atoms with Gasteiger partial charge in [-0.05, 0) is 45.1 Å². The molecule has 4 N–H and O–H groups in total. The van der Waals surface area contributed by atoms with Crippen LogP contribution in [0.1, 0.15) is 16.5 Å². The molecule has 0 amide bonds. The number of nitrogens with two attached hydrogens (primary N) is 2. The molecule has 0 saturated carbocycles. The summed E-state index contributed by atoms with van der Waals surface area (Å²) in [5, 5.41) is 2.01. The number of halogens is 3. The molecule has 1 heterocycles. The van der Waals surface area contributed by atoms with Gasteiger partial charge in [-0.25, -0.2) is 0 Å². The van der Waals surface area contributed by atoms with E-state index in [9.17, 15) is 0 Å². The summed E-state index contributed by atoms with van der Waals surface area (Å²) in [6.45, 7) is 0. The zero-order chi connectivity index (χ0) is 11.7. The van der Waals surface area contributed by atoms with Gasteiger partial charge in [0, 0.05) is 13.8 Å². The Hall–Kier alpha value is -0.0700. The molecular weight excluding hydrogens is 387 g/mol. The molecule has 2 nitrogen and oxygen atoms in total. The summed E-state index contributed by atoms with van der Waals surface area (Å²) in [4.78, 5) is 1.11. The van der Waals surface area contributed by atoms with E-state index in [0.29, 0.717) is 5.69 Å². The Morgan fingerprint density at radius 2 is 1.94 bits per heavy atom. The van der Waals surface area contributed by atoms with Crippen molar-refractivity contribution in [3.63, 3.8) is 0 Å². The third kappa shape index (κ3) is 3.23. The molecule has 0 aliphatic heterocycles. The van der Waals surface area contributed by atoms with Crippen LogP contribution in [0.5, 0.6) is 0 Å². The van der Waals surface area contributed by atoms with Gasteiger partial charge in [0.2, 0.25) is 0 Å². The Labute approximate surface area is 127 Å². The highest BCUT2D eigenvalue weighted by molar-refractivity contribution is 9.11. The average molecular weight is 399 g/mol. The first-order valence-corrected chi connectivity index (χ1v) is 7.09. The molecule has 2 rings (SSSR count). The molecule has 0 spiro atoms. The van der Waals surface area contributed by atoms with Gasteiger partial charge >= 0.3 is 0 Å². The number of hydrogen-bond donors (Lipinski definition) is 2. The van der Waals surface area contributed by atoms with Crippen molar-refractivity contribution in [1.29, 1.82) is 0 Å². The van der Waals surface area contributed by atoms with Crippen LogP contribution < -0.4 is 11.5 Å². The molecule has 0 saturated heterocycles. The van der Waals surface area contributed by atoms with E-state index < -0.39 is 0 Å². The van der Waals surface area contributed by atoms with E-state index in [1.165, 1.54) is 0 Å². The minimum atomic E-state index is -0.172. The predicted molar refractivity (Wildman–Crippen MR) is 83.9 cm³/mol. The molecule has 92 valence electrons. The third-order valence-corrected chi connectivity index (χ3v) is 4.38. The smallest absolute Gasteiger partial charge is 0.0667 e. The van der Waals surface area contributed by atoms with Crippen LogP contribution in [0.15, 0.2) is 38.6 Å². The summed E-state index contributed by atoms with van der Waals surface area (Å²) in [5.41, 5.74) is 13.8. The number of rotatable bonds is 2. The van der Waals surface area contributed by atoms with Crippen LogP contribution in [0.25, 0.3) is 0 Å². The van der Waals surface area contributed by atoms with Gasteiger partial charge in [0.05, 0.1) is 11.7 Å². The monoisotopic (exact) mass is 396 g/mol. The van der Waals surface area contributed by atoms with E-state index in [1.807, 2.05) is 29.6 Å². The highest BCUT2D eigenvalue weighted by Gasteiger charge is 2.15. The molecule has 6 heteroatoms. The maximum Gasteiger partial charge on any atom is 0.0667 e. The molecule has 2 aromatic rings. The molecule has 17 heavy (non-hydrogen) atoms. The van der Waals surface area contributed by atoms with Gasteiger partial charge in [-0.2, -0.15) is 0 Å². The summed E-state index contributed by atoms with van der Waals surface area (Å²) in [7, 11) is 0. The molecular formula is C11H11Br2ClN2S. The molecule has 0 aliphatic carbocycles. The van der Waals surface area contributed by atoms with Gasteiger partial charge in [0.1, 0.15) is 0 Å². The number of anilines is 1. The van der Waals surface area contributed by atoms with E-state index in [4.69, 9.17) is 11.5 Å². The largest absolute Gasteiger partial charge is 0.398 e. The van der Waals surface area contributed by atoms with Crippen LogP contribution in [-0.2, 0) is 0 Å². The highest BCUT2D eigenvalue weighted by Crippen LogP contribution is 2.34. The van der Waals surface area contributed by atoms with Crippen molar-refractivity contribution in [1.82, 2.24) is 0 Å². The highest BCUT2D eigenvalue weighted by atomic mass is 79.9. The molecule has 0 radical (unpaired) electrons. The zero-order valence-corrected chi connectivity index (χ0v) is 13.5. The van der Waals surface area contributed by atoms with Gasteiger partial charge in [-0.1, -0.05) is 22.0 Å². The van der Waals surface area contributed by atoms with E-state index in [1.54, 1.807) is 11.3 Å². The van der Waals surface area contributed by atoms with Crippen molar-refractivity contribution >= 4 is 61.3 Å². The number of thiophene rings is 1. The Morgan fingerprint density at radius 1 is 1.24 bits per heavy atom. The summed E-state index contributed by atoms with van der Waals surface area (Å²) >= 11 is 8.50. The first kappa shape index (κ1) is 15.0. The van der Waals surface area contributed by atoms with Crippen LogP contribution in [0, 0.1) is 0 Å². The zero-order valence-electron chi connectivity index (χ0n) is 8.69.